The second-order valence-corrected chi connectivity index (χ2v) is 7.21. The van der Waals surface area contributed by atoms with Crippen LogP contribution in [0.4, 0.5) is 4.79 Å². The van der Waals surface area contributed by atoms with Crippen LogP contribution in [0.25, 0.3) is 11.1 Å². The van der Waals surface area contributed by atoms with Crippen molar-refractivity contribution in [1.82, 2.24) is 5.32 Å². The number of rotatable bonds is 6. The number of esters is 1. The molecule has 0 fully saturated rings. The third-order valence-electron chi connectivity index (χ3n) is 5.13. The highest BCUT2D eigenvalue weighted by molar-refractivity contribution is 5.79. The van der Waals surface area contributed by atoms with Gasteiger partial charge in [0, 0.05) is 5.92 Å². The van der Waals surface area contributed by atoms with Gasteiger partial charge in [0.15, 0.2) is 6.10 Å². The van der Waals surface area contributed by atoms with E-state index in [-0.39, 0.29) is 18.4 Å². The summed E-state index contributed by atoms with van der Waals surface area (Å²) in [5.74, 6) is -1.03. The van der Waals surface area contributed by atoms with Crippen LogP contribution in [0.15, 0.2) is 48.5 Å². The number of amides is 1. The standard InChI is InChI=1S/C22H25NO5/c1-13(2)19(20(24)21(25)27-3)23-22(26)28-12-18-16-10-6-4-8-14(16)15-9-5-7-11-17(15)18/h4-11,13,18-20,24H,12H2,1-3H3,(H,23,26). The molecular weight excluding hydrogens is 358 g/mol. The highest BCUT2D eigenvalue weighted by Gasteiger charge is 2.33. The third kappa shape index (κ3) is 3.87. The van der Waals surface area contributed by atoms with E-state index in [0.29, 0.717) is 0 Å². The maximum absolute atomic E-state index is 12.4. The van der Waals surface area contributed by atoms with Crippen LogP contribution in [-0.2, 0) is 14.3 Å². The first-order chi connectivity index (χ1) is 13.4. The van der Waals surface area contributed by atoms with Gasteiger partial charge in [0.1, 0.15) is 6.61 Å². The van der Waals surface area contributed by atoms with E-state index in [0.717, 1.165) is 22.3 Å². The van der Waals surface area contributed by atoms with Gasteiger partial charge in [-0.05, 0) is 28.2 Å². The van der Waals surface area contributed by atoms with Crippen LogP contribution in [-0.4, -0.2) is 43.0 Å². The topological polar surface area (TPSA) is 84.9 Å². The Bertz CT molecular complexity index is 818. The fourth-order valence-corrected chi connectivity index (χ4v) is 3.65. The lowest BCUT2D eigenvalue weighted by Crippen LogP contribution is -2.50. The molecule has 2 atom stereocenters. The molecule has 2 unspecified atom stereocenters. The summed E-state index contributed by atoms with van der Waals surface area (Å²) in [7, 11) is 1.19. The zero-order valence-corrected chi connectivity index (χ0v) is 16.2. The summed E-state index contributed by atoms with van der Waals surface area (Å²) >= 11 is 0. The van der Waals surface area contributed by atoms with Gasteiger partial charge in [-0.25, -0.2) is 9.59 Å². The van der Waals surface area contributed by atoms with Crippen molar-refractivity contribution < 1.29 is 24.2 Å². The molecule has 28 heavy (non-hydrogen) atoms. The molecule has 3 rings (SSSR count). The van der Waals surface area contributed by atoms with Gasteiger partial charge >= 0.3 is 12.1 Å². The maximum atomic E-state index is 12.4. The lowest BCUT2D eigenvalue weighted by atomic mass is 9.98. The first-order valence-corrected chi connectivity index (χ1v) is 9.31. The number of fused-ring (bicyclic) bond motifs is 3. The van der Waals surface area contributed by atoms with Crippen LogP contribution in [0.1, 0.15) is 30.9 Å². The summed E-state index contributed by atoms with van der Waals surface area (Å²) in [5.41, 5.74) is 4.53. The maximum Gasteiger partial charge on any atom is 0.407 e. The molecule has 0 aliphatic heterocycles. The molecule has 2 aromatic rings. The van der Waals surface area contributed by atoms with Gasteiger partial charge in [0.05, 0.1) is 13.2 Å². The zero-order valence-electron chi connectivity index (χ0n) is 16.2. The minimum atomic E-state index is -1.45. The Labute approximate surface area is 164 Å². The average molecular weight is 383 g/mol. The van der Waals surface area contributed by atoms with Crippen molar-refractivity contribution >= 4 is 12.1 Å². The number of methoxy groups -OCH3 is 1. The molecular formula is C22H25NO5. The molecule has 1 aliphatic carbocycles. The van der Waals surface area contributed by atoms with Gasteiger partial charge in [-0.3, -0.25) is 0 Å². The molecule has 1 aliphatic rings. The predicted molar refractivity (Wildman–Crippen MR) is 105 cm³/mol. The van der Waals surface area contributed by atoms with Crippen molar-refractivity contribution in [3.63, 3.8) is 0 Å². The molecule has 6 nitrogen and oxygen atoms in total. The number of ether oxygens (including phenoxy) is 2. The van der Waals surface area contributed by atoms with Crippen LogP contribution in [0, 0.1) is 5.92 Å². The first kappa shape index (κ1) is 19.9. The summed E-state index contributed by atoms with van der Waals surface area (Å²) in [6.07, 6.45) is -2.13. The second-order valence-electron chi connectivity index (χ2n) is 7.21. The molecule has 0 heterocycles. The highest BCUT2D eigenvalue weighted by atomic mass is 16.6. The molecule has 2 aromatic carbocycles. The van der Waals surface area contributed by atoms with Crippen molar-refractivity contribution in [3.05, 3.63) is 59.7 Å². The Hall–Kier alpha value is -2.86. The average Bonchev–Trinajstić information content (AvgIpc) is 3.03. The minimum Gasteiger partial charge on any atom is -0.467 e. The number of carbonyl (C=O) groups is 2. The molecule has 0 saturated carbocycles. The Morgan fingerprint density at radius 2 is 1.57 bits per heavy atom. The van der Waals surface area contributed by atoms with E-state index >= 15 is 0 Å². The van der Waals surface area contributed by atoms with Crippen LogP contribution in [0.5, 0.6) is 0 Å². The smallest absolute Gasteiger partial charge is 0.407 e. The molecule has 0 bridgehead atoms. The minimum absolute atomic E-state index is 0.0545. The van der Waals surface area contributed by atoms with Crippen molar-refractivity contribution in [2.24, 2.45) is 5.92 Å². The highest BCUT2D eigenvalue weighted by Crippen LogP contribution is 2.44. The van der Waals surface area contributed by atoms with Crippen molar-refractivity contribution in [3.8, 4) is 11.1 Å². The molecule has 0 aromatic heterocycles. The summed E-state index contributed by atoms with van der Waals surface area (Å²) in [6.45, 7) is 3.75. The van der Waals surface area contributed by atoms with Gasteiger partial charge in [0.2, 0.25) is 0 Å². The second kappa shape index (κ2) is 8.44. The fourth-order valence-electron chi connectivity index (χ4n) is 3.65. The summed E-state index contributed by atoms with van der Waals surface area (Å²) in [6, 6.07) is 15.3. The van der Waals surface area contributed by atoms with Gasteiger partial charge < -0.3 is 19.9 Å². The van der Waals surface area contributed by atoms with Crippen LogP contribution in [0.3, 0.4) is 0 Å². The van der Waals surface area contributed by atoms with Gasteiger partial charge in [-0.1, -0.05) is 62.4 Å². The number of benzene rings is 2. The van der Waals surface area contributed by atoms with Crippen molar-refractivity contribution in [2.75, 3.05) is 13.7 Å². The summed E-state index contributed by atoms with van der Waals surface area (Å²) in [4.78, 5) is 24.0. The number of alkyl carbamates (subject to hydrolysis) is 1. The number of hydrogen-bond acceptors (Lipinski definition) is 5. The SMILES string of the molecule is COC(=O)C(O)C(NC(=O)OCC1c2ccccc2-c2ccccc21)C(C)C. The molecule has 148 valence electrons. The van der Waals surface area contributed by atoms with E-state index in [9.17, 15) is 14.7 Å². The number of nitrogens with one attached hydrogen (secondary N) is 1. The summed E-state index contributed by atoms with van der Waals surface area (Å²) < 4.78 is 10.0. The van der Waals surface area contributed by atoms with E-state index in [4.69, 9.17) is 4.74 Å². The van der Waals surface area contributed by atoms with Crippen LogP contribution < -0.4 is 5.32 Å². The Morgan fingerprint density at radius 1 is 1.04 bits per heavy atom. The third-order valence-corrected chi connectivity index (χ3v) is 5.13. The molecule has 0 saturated heterocycles. The van der Waals surface area contributed by atoms with Gasteiger partial charge in [0.25, 0.3) is 0 Å². The van der Waals surface area contributed by atoms with Gasteiger partial charge in [-0.15, -0.1) is 0 Å². The van der Waals surface area contributed by atoms with E-state index in [1.165, 1.54) is 7.11 Å². The lowest BCUT2D eigenvalue weighted by molar-refractivity contribution is -0.152. The van der Waals surface area contributed by atoms with E-state index < -0.39 is 24.2 Å². The Kier molecular flexibility index (Phi) is 5.99. The molecule has 0 radical (unpaired) electrons. The normalized spacial score (nSPS) is 14.8. The molecule has 6 heteroatoms. The van der Waals surface area contributed by atoms with E-state index in [1.54, 1.807) is 13.8 Å². The first-order valence-electron chi connectivity index (χ1n) is 9.31. The molecule has 2 N–H and O–H groups in total. The number of hydrogen-bond donors (Lipinski definition) is 2. The van der Waals surface area contributed by atoms with Crippen LogP contribution >= 0.6 is 0 Å². The van der Waals surface area contributed by atoms with Gasteiger partial charge in [-0.2, -0.15) is 0 Å². The Balaban J connectivity index is 1.70. The fraction of sp³-hybridized carbons (Fsp3) is 0.364. The van der Waals surface area contributed by atoms with E-state index in [1.807, 2.05) is 36.4 Å². The Morgan fingerprint density at radius 3 is 2.07 bits per heavy atom. The number of aliphatic hydroxyl groups is 1. The van der Waals surface area contributed by atoms with Crippen molar-refractivity contribution in [2.45, 2.75) is 31.9 Å². The molecule has 1 amide bonds. The largest absolute Gasteiger partial charge is 0.467 e. The quantitative estimate of drug-likeness (QED) is 0.749. The van der Waals surface area contributed by atoms with E-state index in [2.05, 4.69) is 22.2 Å². The number of aliphatic hydroxyl groups excluding tert-OH is 1. The van der Waals surface area contributed by atoms with Crippen molar-refractivity contribution in [1.29, 1.82) is 0 Å². The monoisotopic (exact) mass is 383 g/mol. The number of carbonyl (C=O) groups excluding carboxylic acids is 2. The summed E-state index contributed by atoms with van der Waals surface area (Å²) in [5, 5.41) is 12.7. The lowest BCUT2D eigenvalue weighted by Gasteiger charge is -2.25. The zero-order chi connectivity index (χ0) is 20.3. The predicted octanol–water partition coefficient (Wildman–Crippen LogP) is 3.08. The van der Waals surface area contributed by atoms with Crippen LogP contribution in [0.2, 0.25) is 0 Å². The molecule has 0 spiro atoms.